The summed E-state index contributed by atoms with van der Waals surface area (Å²) >= 11 is 0. The third-order valence-electron chi connectivity index (χ3n) is 3.94. The molecule has 2 rings (SSSR count). The highest BCUT2D eigenvalue weighted by atomic mass is 16.5. The standard InChI is InChI=1S/C20H24N2O3/c1-4-5-14-22(2)20(24)16-12-10-15(11-13-16)19(23)21-17-8-6-7-9-18(17)25-3/h6-13H,4-5,14H2,1-3H3,(H,21,23). The van der Waals surface area contributed by atoms with Crippen LogP contribution in [-0.4, -0.2) is 37.4 Å². The quantitative estimate of drug-likeness (QED) is 0.833. The van der Waals surface area contributed by atoms with Gasteiger partial charge in [-0.15, -0.1) is 0 Å². The van der Waals surface area contributed by atoms with Crippen LogP contribution in [0.25, 0.3) is 0 Å². The number of rotatable bonds is 7. The maximum atomic E-state index is 12.4. The maximum absolute atomic E-state index is 12.4. The second-order valence-corrected chi connectivity index (χ2v) is 5.81. The Balaban J connectivity index is 2.06. The number of benzene rings is 2. The molecular weight excluding hydrogens is 316 g/mol. The lowest BCUT2D eigenvalue weighted by molar-refractivity contribution is 0.0792. The number of hydrogen-bond acceptors (Lipinski definition) is 3. The van der Waals surface area contributed by atoms with Crippen molar-refractivity contribution in [1.29, 1.82) is 0 Å². The molecule has 0 radical (unpaired) electrons. The Morgan fingerprint density at radius 2 is 1.68 bits per heavy atom. The van der Waals surface area contributed by atoms with Crippen LogP contribution in [0.2, 0.25) is 0 Å². The molecule has 25 heavy (non-hydrogen) atoms. The Hall–Kier alpha value is -2.82. The van der Waals surface area contributed by atoms with E-state index in [1.54, 1.807) is 55.5 Å². The van der Waals surface area contributed by atoms with Crippen LogP contribution in [0, 0.1) is 0 Å². The molecule has 0 fully saturated rings. The highest BCUT2D eigenvalue weighted by Crippen LogP contribution is 2.23. The molecule has 132 valence electrons. The first kappa shape index (κ1) is 18.5. The van der Waals surface area contributed by atoms with Gasteiger partial charge in [0.2, 0.25) is 0 Å². The molecule has 0 aliphatic rings. The lowest BCUT2D eigenvalue weighted by atomic mass is 10.1. The minimum atomic E-state index is -0.247. The average Bonchev–Trinajstić information content (AvgIpc) is 2.66. The summed E-state index contributed by atoms with van der Waals surface area (Å²) in [6, 6.07) is 13.9. The Morgan fingerprint density at radius 3 is 2.32 bits per heavy atom. The molecule has 5 nitrogen and oxygen atoms in total. The van der Waals surface area contributed by atoms with E-state index in [-0.39, 0.29) is 11.8 Å². The van der Waals surface area contributed by atoms with Gasteiger partial charge in [0.05, 0.1) is 12.8 Å². The minimum absolute atomic E-state index is 0.0369. The summed E-state index contributed by atoms with van der Waals surface area (Å²) in [4.78, 5) is 26.4. The first-order chi connectivity index (χ1) is 12.1. The van der Waals surface area contributed by atoms with Crippen LogP contribution in [0.15, 0.2) is 48.5 Å². The minimum Gasteiger partial charge on any atom is -0.495 e. The van der Waals surface area contributed by atoms with Gasteiger partial charge in [-0.05, 0) is 42.8 Å². The third kappa shape index (κ3) is 4.83. The molecule has 0 unspecified atom stereocenters. The molecule has 1 N–H and O–H groups in total. The van der Waals surface area contributed by atoms with Crippen molar-refractivity contribution in [2.45, 2.75) is 19.8 Å². The first-order valence-electron chi connectivity index (χ1n) is 8.36. The van der Waals surface area contributed by atoms with Crippen molar-refractivity contribution in [2.75, 3.05) is 26.0 Å². The average molecular weight is 340 g/mol. The summed E-state index contributed by atoms with van der Waals surface area (Å²) in [6.07, 6.45) is 2.02. The first-order valence-corrected chi connectivity index (χ1v) is 8.36. The van der Waals surface area contributed by atoms with Gasteiger partial charge in [-0.1, -0.05) is 25.5 Å². The normalized spacial score (nSPS) is 10.2. The summed E-state index contributed by atoms with van der Waals surface area (Å²) in [5.41, 5.74) is 1.67. The number of carbonyl (C=O) groups excluding carboxylic acids is 2. The largest absolute Gasteiger partial charge is 0.495 e. The molecule has 0 atom stereocenters. The zero-order chi connectivity index (χ0) is 18.2. The van der Waals surface area contributed by atoms with E-state index in [2.05, 4.69) is 12.2 Å². The molecule has 0 spiro atoms. The van der Waals surface area contributed by atoms with E-state index in [0.717, 1.165) is 19.4 Å². The fraction of sp³-hybridized carbons (Fsp3) is 0.300. The van der Waals surface area contributed by atoms with Crippen molar-refractivity contribution in [1.82, 2.24) is 4.90 Å². The van der Waals surface area contributed by atoms with Gasteiger partial charge in [0, 0.05) is 24.7 Å². The Kier molecular flexibility index (Phi) is 6.57. The molecule has 0 aromatic heterocycles. The molecular formula is C20H24N2O3. The summed E-state index contributed by atoms with van der Waals surface area (Å²) in [6.45, 7) is 2.82. The Morgan fingerprint density at radius 1 is 1.04 bits per heavy atom. The molecule has 2 aromatic carbocycles. The number of anilines is 1. The molecule has 0 saturated carbocycles. The summed E-state index contributed by atoms with van der Waals surface area (Å²) < 4.78 is 5.23. The number of methoxy groups -OCH3 is 1. The zero-order valence-electron chi connectivity index (χ0n) is 14.9. The molecule has 0 aliphatic carbocycles. The highest BCUT2D eigenvalue weighted by molar-refractivity contribution is 6.05. The van der Waals surface area contributed by atoms with Crippen LogP contribution in [-0.2, 0) is 0 Å². The SMILES string of the molecule is CCCCN(C)C(=O)c1ccc(C(=O)Nc2ccccc2OC)cc1. The number of ether oxygens (including phenoxy) is 1. The van der Waals surface area contributed by atoms with Crippen molar-refractivity contribution < 1.29 is 14.3 Å². The summed E-state index contributed by atoms with van der Waals surface area (Å²) in [7, 11) is 3.35. The van der Waals surface area contributed by atoms with Crippen LogP contribution in [0.4, 0.5) is 5.69 Å². The van der Waals surface area contributed by atoms with Gasteiger partial charge in [0.1, 0.15) is 5.75 Å². The van der Waals surface area contributed by atoms with E-state index in [9.17, 15) is 9.59 Å². The number of amides is 2. The number of carbonyl (C=O) groups is 2. The van der Waals surface area contributed by atoms with Crippen molar-refractivity contribution in [3.63, 3.8) is 0 Å². The van der Waals surface area contributed by atoms with E-state index in [1.165, 1.54) is 0 Å². The van der Waals surface area contributed by atoms with Crippen LogP contribution in [0.3, 0.4) is 0 Å². The summed E-state index contributed by atoms with van der Waals surface area (Å²) in [5, 5.41) is 2.82. The van der Waals surface area contributed by atoms with Gasteiger partial charge in [-0.2, -0.15) is 0 Å². The van der Waals surface area contributed by atoms with Gasteiger partial charge >= 0.3 is 0 Å². The third-order valence-corrected chi connectivity index (χ3v) is 3.94. The van der Waals surface area contributed by atoms with Crippen molar-refractivity contribution in [3.8, 4) is 5.75 Å². The topological polar surface area (TPSA) is 58.6 Å². The molecule has 5 heteroatoms. The fourth-order valence-electron chi connectivity index (χ4n) is 2.42. The monoisotopic (exact) mass is 340 g/mol. The van der Waals surface area contributed by atoms with E-state index in [1.807, 2.05) is 12.1 Å². The van der Waals surface area contributed by atoms with E-state index < -0.39 is 0 Å². The van der Waals surface area contributed by atoms with E-state index in [0.29, 0.717) is 22.6 Å². The van der Waals surface area contributed by atoms with Crippen molar-refractivity contribution in [3.05, 3.63) is 59.7 Å². The molecule has 0 saturated heterocycles. The maximum Gasteiger partial charge on any atom is 0.255 e. The molecule has 2 amide bonds. The van der Waals surface area contributed by atoms with Crippen molar-refractivity contribution in [2.24, 2.45) is 0 Å². The van der Waals surface area contributed by atoms with Gasteiger partial charge in [0.25, 0.3) is 11.8 Å². The smallest absolute Gasteiger partial charge is 0.255 e. The van der Waals surface area contributed by atoms with Crippen LogP contribution in [0.5, 0.6) is 5.75 Å². The van der Waals surface area contributed by atoms with Crippen LogP contribution >= 0.6 is 0 Å². The van der Waals surface area contributed by atoms with Crippen LogP contribution < -0.4 is 10.1 Å². The van der Waals surface area contributed by atoms with Gasteiger partial charge in [0.15, 0.2) is 0 Å². The lowest BCUT2D eigenvalue weighted by Gasteiger charge is -2.17. The second kappa shape index (κ2) is 8.87. The van der Waals surface area contributed by atoms with Gasteiger partial charge < -0.3 is 15.0 Å². The molecule has 2 aromatic rings. The Labute approximate surface area is 148 Å². The highest BCUT2D eigenvalue weighted by Gasteiger charge is 2.13. The number of hydrogen-bond donors (Lipinski definition) is 1. The van der Waals surface area contributed by atoms with Gasteiger partial charge in [-0.3, -0.25) is 9.59 Å². The summed E-state index contributed by atoms with van der Waals surface area (Å²) in [5.74, 6) is 0.313. The lowest BCUT2D eigenvalue weighted by Crippen LogP contribution is -2.27. The number of nitrogens with zero attached hydrogens (tertiary/aromatic N) is 1. The fourth-order valence-corrected chi connectivity index (χ4v) is 2.42. The number of nitrogens with one attached hydrogen (secondary N) is 1. The predicted molar refractivity (Wildman–Crippen MR) is 99.3 cm³/mol. The van der Waals surface area contributed by atoms with Crippen LogP contribution in [0.1, 0.15) is 40.5 Å². The van der Waals surface area contributed by atoms with E-state index >= 15 is 0 Å². The second-order valence-electron chi connectivity index (χ2n) is 5.81. The Bertz CT molecular complexity index is 726. The molecule has 0 aliphatic heterocycles. The van der Waals surface area contributed by atoms with E-state index in [4.69, 9.17) is 4.74 Å². The van der Waals surface area contributed by atoms with Crippen molar-refractivity contribution >= 4 is 17.5 Å². The predicted octanol–water partition coefficient (Wildman–Crippen LogP) is 3.82. The number of unbranched alkanes of at least 4 members (excludes halogenated alkanes) is 1. The number of para-hydroxylation sites is 2. The molecule has 0 heterocycles. The van der Waals surface area contributed by atoms with Gasteiger partial charge in [-0.25, -0.2) is 0 Å². The zero-order valence-corrected chi connectivity index (χ0v) is 14.9. The molecule has 0 bridgehead atoms.